The summed E-state index contributed by atoms with van der Waals surface area (Å²) in [6.07, 6.45) is 1.93. The van der Waals surface area contributed by atoms with Crippen LogP contribution in [0.15, 0.2) is 0 Å². The average Bonchev–Trinajstić information content (AvgIpc) is 3.11. The van der Waals surface area contributed by atoms with Gasteiger partial charge in [-0.15, -0.1) is 0 Å². The fourth-order valence-electron chi connectivity index (χ4n) is 2.03. The first-order chi connectivity index (χ1) is 8.97. The molecule has 1 saturated carbocycles. The number of aromatic amines is 1. The van der Waals surface area contributed by atoms with Crippen molar-refractivity contribution in [2.75, 3.05) is 18.4 Å². The van der Waals surface area contributed by atoms with Crippen LogP contribution < -0.4 is 5.32 Å². The summed E-state index contributed by atoms with van der Waals surface area (Å²) < 4.78 is 0. The molecule has 1 fully saturated rings. The Labute approximate surface area is 111 Å². The molecule has 1 amide bonds. The minimum Gasteiger partial charge on any atom is -0.480 e. The Hall–Kier alpha value is -1.89. The minimum atomic E-state index is -0.907. The number of hydrogen-bond donors (Lipinski definition) is 3. The third kappa shape index (κ3) is 3.54. The second kappa shape index (κ2) is 5.40. The lowest BCUT2D eigenvalue weighted by molar-refractivity contribution is -0.138. The topological polar surface area (TPSA) is 98.3 Å². The molecule has 0 atom stereocenters. The Morgan fingerprint density at radius 2 is 2.11 bits per heavy atom. The highest BCUT2D eigenvalue weighted by molar-refractivity contribution is 5.93. The number of rotatable bonds is 6. The van der Waals surface area contributed by atoms with Crippen LogP contribution in [-0.4, -0.2) is 51.2 Å². The maximum Gasteiger partial charge on any atom is 0.317 e. The number of amides is 1. The summed E-state index contributed by atoms with van der Waals surface area (Å²) >= 11 is 0. The molecular weight excluding hydrogens is 248 g/mol. The van der Waals surface area contributed by atoms with E-state index in [1.165, 1.54) is 0 Å². The number of aryl methyl sites for hydroxylation is 2. The summed E-state index contributed by atoms with van der Waals surface area (Å²) in [4.78, 5) is 24.4. The molecule has 1 heterocycles. The molecule has 3 N–H and O–H groups in total. The zero-order valence-electron chi connectivity index (χ0n) is 11.1. The molecule has 2 rings (SSSR count). The van der Waals surface area contributed by atoms with Crippen molar-refractivity contribution in [3.63, 3.8) is 0 Å². The summed E-state index contributed by atoms with van der Waals surface area (Å²) in [5.41, 5.74) is 2.19. The predicted octanol–water partition coefficient (Wildman–Crippen LogP) is 0.514. The van der Waals surface area contributed by atoms with E-state index in [1.54, 1.807) is 11.8 Å². The quantitative estimate of drug-likeness (QED) is 0.697. The maximum absolute atomic E-state index is 12.0. The van der Waals surface area contributed by atoms with Crippen LogP contribution in [0.1, 0.15) is 24.2 Å². The fraction of sp³-hybridized carbons (Fsp3) is 0.583. The Kier molecular flexibility index (Phi) is 3.84. The van der Waals surface area contributed by atoms with E-state index in [1.807, 2.05) is 6.92 Å². The second-order valence-electron chi connectivity index (χ2n) is 4.89. The number of anilines is 1. The lowest BCUT2D eigenvalue weighted by Gasteiger charge is -2.18. The van der Waals surface area contributed by atoms with Crippen molar-refractivity contribution in [1.82, 2.24) is 15.1 Å². The van der Waals surface area contributed by atoms with E-state index in [9.17, 15) is 9.59 Å². The van der Waals surface area contributed by atoms with Gasteiger partial charge in [0, 0.05) is 6.04 Å². The van der Waals surface area contributed by atoms with Crippen LogP contribution in [0.3, 0.4) is 0 Å². The predicted molar refractivity (Wildman–Crippen MR) is 68.9 cm³/mol. The third-order valence-corrected chi connectivity index (χ3v) is 3.14. The minimum absolute atomic E-state index is 0.0958. The fourth-order valence-corrected chi connectivity index (χ4v) is 2.03. The Balaban J connectivity index is 1.94. The lowest BCUT2D eigenvalue weighted by Crippen LogP contribution is -2.38. The number of carbonyl (C=O) groups is 2. The highest BCUT2D eigenvalue weighted by atomic mass is 16.4. The molecule has 0 unspecified atom stereocenters. The first-order valence-corrected chi connectivity index (χ1v) is 6.24. The van der Waals surface area contributed by atoms with Gasteiger partial charge in [-0.2, -0.15) is 5.10 Å². The van der Waals surface area contributed by atoms with Gasteiger partial charge in [0.15, 0.2) is 0 Å². The molecule has 1 aromatic heterocycles. The molecule has 1 aliphatic carbocycles. The number of nitrogens with zero attached hydrogens (tertiary/aromatic N) is 2. The number of nitrogens with one attached hydrogen (secondary N) is 2. The first kappa shape index (κ1) is 13.5. The summed E-state index contributed by atoms with van der Waals surface area (Å²) in [7, 11) is 0. The zero-order chi connectivity index (χ0) is 14.0. The van der Waals surface area contributed by atoms with Crippen LogP contribution >= 0.6 is 0 Å². The molecule has 0 aromatic carbocycles. The maximum atomic E-state index is 12.0. The van der Waals surface area contributed by atoms with Gasteiger partial charge in [0.1, 0.15) is 0 Å². The number of hydrogen-bond acceptors (Lipinski definition) is 4. The standard InChI is InChI=1S/C12H18N4O3/c1-7-12(8(2)15-14-7)13-10(17)5-16(6-11(18)19)9-3-4-9/h9H,3-6H2,1-2H3,(H,13,17)(H,14,15)(H,18,19). The van der Waals surface area contributed by atoms with Crippen LogP contribution in [-0.2, 0) is 9.59 Å². The van der Waals surface area contributed by atoms with Gasteiger partial charge in [0.05, 0.1) is 30.2 Å². The number of aliphatic carboxylic acids is 1. The number of H-pyrrole nitrogens is 1. The molecule has 0 saturated heterocycles. The highest BCUT2D eigenvalue weighted by Crippen LogP contribution is 2.26. The van der Waals surface area contributed by atoms with Crippen LogP contribution in [0.25, 0.3) is 0 Å². The van der Waals surface area contributed by atoms with Crippen LogP contribution in [0, 0.1) is 13.8 Å². The molecule has 0 aliphatic heterocycles. The molecule has 7 nitrogen and oxygen atoms in total. The van der Waals surface area contributed by atoms with Gasteiger partial charge >= 0.3 is 5.97 Å². The summed E-state index contributed by atoms with van der Waals surface area (Å²) in [5.74, 6) is -1.11. The molecule has 19 heavy (non-hydrogen) atoms. The average molecular weight is 266 g/mol. The van der Waals surface area contributed by atoms with Crippen molar-refractivity contribution in [3.05, 3.63) is 11.4 Å². The van der Waals surface area contributed by atoms with E-state index in [0.717, 1.165) is 24.2 Å². The number of carboxylic acids is 1. The van der Waals surface area contributed by atoms with Crippen LogP contribution in [0.4, 0.5) is 5.69 Å². The van der Waals surface area contributed by atoms with E-state index in [-0.39, 0.29) is 25.0 Å². The molecule has 0 spiro atoms. The summed E-state index contributed by atoms with van der Waals surface area (Å²) in [6, 6.07) is 0.230. The SMILES string of the molecule is Cc1n[nH]c(C)c1NC(=O)CN(CC(=O)O)C1CC1. The zero-order valence-corrected chi connectivity index (χ0v) is 11.1. The number of carboxylic acid groups (broad SMARTS) is 1. The Morgan fingerprint density at radius 1 is 1.42 bits per heavy atom. The second-order valence-corrected chi connectivity index (χ2v) is 4.89. The van der Waals surface area contributed by atoms with Gasteiger partial charge < -0.3 is 10.4 Å². The summed E-state index contributed by atoms with van der Waals surface area (Å²) in [6.45, 7) is 3.63. The molecule has 7 heteroatoms. The van der Waals surface area contributed by atoms with Gasteiger partial charge in [-0.25, -0.2) is 0 Å². The number of carbonyl (C=O) groups excluding carboxylic acids is 1. The van der Waals surface area contributed by atoms with Crippen molar-refractivity contribution in [2.45, 2.75) is 32.7 Å². The van der Waals surface area contributed by atoms with Crippen molar-refractivity contribution in [3.8, 4) is 0 Å². The normalized spacial score (nSPS) is 14.7. The Bertz CT molecular complexity index is 474. The van der Waals surface area contributed by atoms with Gasteiger partial charge in [-0.3, -0.25) is 19.6 Å². The molecule has 104 valence electrons. The van der Waals surface area contributed by atoms with E-state index in [4.69, 9.17) is 5.11 Å². The molecular formula is C12H18N4O3. The van der Waals surface area contributed by atoms with Crippen molar-refractivity contribution >= 4 is 17.6 Å². The Morgan fingerprint density at radius 3 is 2.58 bits per heavy atom. The van der Waals surface area contributed by atoms with Crippen molar-refractivity contribution < 1.29 is 14.7 Å². The van der Waals surface area contributed by atoms with E-state index in [0.29, 0.717) is 5.69 Å². The summed E-state index contributed by atoms with van der Waals surface area (Å²) in [5, 5.41) is 18.4. The lowest BCUT2D eigenvalue weighted by atomic mass is 10.3. The van der Waals surface area contributed by atoms with Crippen molar-refractivity contribution in [1.29, 1.82) is 0 Å². The van der Waals surface area contributed by atoms with Gasteiger partial charge in [0.25, 0.3) is 0 Å². The van der Waals surface area contributed by atoms with Crippen LogP contribution in [0.2, 0.25) is 0 Å². The van der Waals surface area contributed by atoms with Crippen LogP contribution in [0.5, 0.6) is 0 Å². The van der Waals surface area contributed by atoms with E-state index in [2.05, 4.69) is 15.5 Å². The third-order valence-electron chi connectivity index (χ3n) is 3.14. The van der Waals surface area contributed by atoms with Gasteiger partial charge in [-0.05, 0) is 26.7 Å². The van der Waals surface area contributed by atoms with Crippen molar-refractivity contribution in [2.24, 2.45) is 0 Å². The largest absolute Gasteiger partial charge is 0.480 e. The first-order valence-electron chi connectivity index (χ1n) is 6.24. The molecule has 1 aromatic rings. The highest BCUT2D eigenvalue weighted by Gasteiger charge is 2.31. The molecule has 0 bridgehead atoms. The number of aromatic nitrogens is 2. The van der Waals surface area contributed by atoms with E-state index >= 15 is 0 Å². The molecule has 0 radical (unpaired) electrons. The smallest absolute Gasteiger partial charge is 0.317 e. The van der Waals surface area contributed by atoms with Gasteiger partial charge in [0.2, 0.25) is 5.91 Å². The molecule has 1 aliphatic rings. The monoisotopic (exact) mass is 266 g/mol. The van der Waals surface area contributed by atoms with E-state index < -0.39 is 5.97 Å². The van der Waals surface area contributed by atoms with Gasteiger partial charge in [-0.1, -0.05) is 0 Å².